The summed E-state index contributed by atoms with van der Waals surface area (Å²) in [7, 11) is 0. The first-order valence-corrected chi connectivity index (χ1v) is 8.18. The Labute approximate surface area is 125 Å². The molecule has 20 heavy (non-hydrogen) atoms. The van der Waals surface area contributed by atoms with Crippen LogP contribution in [-0.4, -0.2) is 52.2 Å². The van der Waals surface area contributed by atoms with Crippen LogP contribution < -0.4 is 5.32 Å². The SMILES string of the molecule is CCCCOCCOCCOCCNC(C)C(C)CC. The molecule has 0 saturated carbocycles. The van der Waals surface area contributed by atoms with Crippen LogP contribution >= 0.6 is 0 Å². The van der Waals surface area contributed by atoms with Gasteiger partial charge < -0.3 is 19.5 Å². The highest BCUT2D eigenvalue weighted by molar-refractivity contribution is 4.66. The van der Waals surface area contributed by atoms with Crippen LogP contribution in [-0.2, 0) is 14.2 Å². The zero-order valence-electron chi connectivity index (χ0n) is 14.0. The molecule has 122 valence electrons. The van der Waals surface area contributed by atoms with Crippen molar-refractivity contribution in [1.29, 1.82) is 0 Å². The van der Waals surface area contributed by atoms with E-state index in [0.29, 0.717) is 38.4 Å². The first-order chi connectivity index (χ1) is 9.72. The van der Waals surface area contributed by atoms with Gasteiger partial charge in [0.25, 0.3) is 0 Å². The molecule has 0 saturated heterocycles. The summed E-state index contributed by atoms with van der Waals surface area (Å²) in [5, 5.41) is 3.48. The standard InChI is InChI=1S/C16H35NO3/c1-5-7-9-18-11-13-20-14-12-19-10-8-17-16(4)15(3)6-2/h15-17H,5-14H2,1-4H3. The van der Waals surface area contributed by atoms with E-state index in [0.717, 1.165) is 26.2 Å². The third-order valence-corrected chi connectivity index (χ3v) is 3.60. The number of unbranched alkanes of at least 4 members (excludes halogenated alkanes) is 1. The molecule has 0 heterocycles. The molecule has 2 atom stereocenters. The van der Waals surface area contributed by atoms with Crippen LogP contribution in [0.3, 0.4) is 0 Å². The van der Waals surface area contributed by atoms with Gasteiger partial charge in [-0.2, -0.15) is 0 Å². The molecule has 0 aliphatic heterocycles. The molecule has 0 bridgehead atoms. The number of nitrogens with one attached hydrogen (secondary N) is 1. The van der Waals surface area contributed by atoms with Crippen LogP contribution in [0.4, 0.5) is 0 Å². The van der Waals surface area contributed by atoms with Crippen molar-refractivity contribution in [2.24, 2.45) is 5.92 Å². The summed E-state index contributed by atoms with van der Waals surface area (Å²) in [6.45, 7) is 14.1. The Hall–Kier alpha value is -0.160. The van der Waals surface area contributed by atoms with Crippen LogP contribution in [0, 0.1) is 5.92 Å². The van der Waals surface area contributed by atoms with Crippen molar-refractivity contribution in [2.75, 3.05) is 46.2 Å². The van der Waals surface area contributed by atoms with Crippen LogP contribution in [0.15, 0.2) is 0 Å². The lowest BCUT2D eigenvalue weighted by Gasteiger charge is -2.19. The summed E-state index contributed by atoms with van der Waals surface area (Å²) < 4.78 is 16.3. The van der Waals surface area contributed by atoms with Gasteiger partial charge in [0.05, 0.1) is 33.0 Å². The quantitative estimate of drug-likeness (QED) is 0.471. The first-order valence-electron chi connectivity index (χ1n) is 8.18. The third-order valence-electron chi connectivity index (χ3n) is 3.60. The van der Waals surface area contributed by atoms with E-state index in [2.05, 4.69) is 33.0 Å². The molecule has 0 aromatic heterocycles. The fraction of sp³-hybridized carbons (Fsp3) is 1.00. The molecule has 2 unspecified atom stereocenters. The summed E-state index contributed by atoms with van der Waals surface area (Å²) in [6, 6.07) is 0.556. The molecule has 0 aliphatic rings. The minimum absolute atomic E-state index is 0.556. The Balaban J connectivity index is 3.10. The highest BCUT2D eigenvalue weighted by Gasteiger charge is 2.08. The topological polar surface area (TPSA) is 39.7 Å². The second-order valence-corrected chi connectivity index (χ2v) is 5.32. The normalized spacial score (nSPS) is 14.4. The van der Waals surface area contributed by atoms with E-state index in [1.54, 1.807) is 0 Å². The molecule has 0 fully saturated rings. The number of ether oxygens (including phenoxy) is 3. The van der Waals surface area contributed by atoms with Gasteiger partial charge >= 0.3 is 0 Å². The van der Waals surface area contributed by atoms with Gasteiger partial charge in [0.15, 0.2) is 0 Å². The summed E-state index contributed by atoms with van der Waals surface area (Å²) in [5.74, 6) is 0.714. The minimum atomic E-state index is 0.556. The van der Waals surface area contributed by atoms with Gasteiger partial charge in [0, 0.05) is 19.2 Å². The molecule has 0 amide bonds. The van der Waals surface area contributed by atoms with Crippen LogP contribution in [0.25, 0.3) is 0 Å². The number of hydrogen-bond donors (Lipinski definition) is 1. The highest BCUT2D eigenvalue weighted by Crippen LogP contribution is 2.05. The maximum Gasteiger partial charge on any atom is 0.0701 e. The van der Waals surface area contributed by atoms with Gasteiger partial charge in [0.1, 0.15) is 0 Å². The maximum atomic E-state index is 5.51. The molecule has 4 nitrogen and oxygen atoms in total. The summed E-state index contributed by atoms with van der Waals surface area (Å²) in [5.41, 5.74) is 0. The van der Waals surface area contributed by atoms with Gasteiger partial charge in [-0.15, -0.1) is 0 Å². The van der Waals surface area contributed by atoms with Crippen molar-refractivity contribution >= 4 is 0 Å². The summed E-state index contributed by atoms with van der Waals surface area (Å²) >= 11 is 0. The predicted molar refractivity (Wildman–Crippen MR) is 84.3 cm³/mol. The van der Waals surface area contributed by atoms with E-state index < -0.39 is 0 Å². The molecule has 1 N–H and O–H groups in total. The second-order valence-electron chi connectivity index (χ2n) is 5.32. The van der Waals surface area contributed by atoms with E-state index in [4.69, 9.17) is 14.2 Å². The zero-order chi connectivity index (χ0) is 15.1. The third kappa shape index (κ3) is 12.9. The molecular weight excluding hydrogens is 254 g/mol. The fourth-order valence-corrected chi connectivity index (χ4v) is 1.70. The predicted octanol–water partition coefficient (Wildman–Crippen LogP) is 2.86. The van der Waals surface area contributed by atoms with Crippen molar-refractivity contribution < 1.29 is 14.2 Å². The highest BCUT2D eigenvalue weighted by atomic mass is 16.5. The molecule has 0 radical (unpaired) electrons. The van der Waals surface area contributed by atoms with Gasteiger partial charge in [-0.25, -0.2) is 0 Å². The molecule has 4 heteroatoms. The van der Waals surface area contributed by atoms with Crippen LogP contribution in [0.2, 0.25) is 0 Å². The Kier molecular flexibility index (Phi) is 15.1. The minimum Gasteiger partial charge on any atom is -0.379 e. The van der Waals surface area contributed by atoms with Crippen molar-refractivity contribution in [3.63, 3.8) is 0 Å². The monoisotopic (exact) mass is 289 g/mol. The van der Waals surface area contributed by atoms with Crippen molar-refractivity contribution in [3.8, 4) is 0 Å². The van der Waals surface area contributed by atoms with E-state index in [9.17, 15) is 0 Å². The van der Waals surface area contributed by atoms with Gasteiger partial charge in [-0.1, -0.05) is 33.6 Å². The fourth-order valence-electron chi connectivity index (χ4n) is 1.70. The first kappa shape index (κ1) is 19.8. The Morgan fingerprint density at radius 2 is 1.35 bits per heavy atom. The maximum absolute atomic E-state index is 5.51. The molecule has 0 aromatic carbocycles. The van der Waals surface area contributed by atoms with E-state index in [1.807, 2.05) is 0 Å². The van der Waals surface area contributed by atoms with E-state index >= 15 is 0 Å². The van der Waals surface area contributed by atoms with Gasteiger partial charge in [-0.3, -0.25) is 0 Å². The average Bonchev–Trinajstić information content (AvgIpc) is 2.47. The summed E-state index contributed by atoms with van der Waals surface area (Å²) in [4.78, 5) is 0. The molecule has 0 aromatic rings. The number of rotatable bonds is 15. The summed E-state index contributed by atoms with van der Waals surface area (Å²) in [6.07, 6.45) is 3.52. The Bertz CT molecular complexity index is 191. The lowest BCUT2D eigenvalue weighted by atomic mass is 10.0. The molecule has 0 rings (SSSR count). The van der Waals surface area contributed by atoms with Crippen molar-refractivity contribution in [2.45, 2.75) is 53.0 Å². The molecule has 0 spiro atoms. The van der Waals surface area contributed by atoms with E-state index in [-0.39, 0.29) is 0 Å². The second kappa shape index (κ2) is 15.2. The Morgan fingerprint density at radius 1 is 0.800 bits per heavy atom. The largest absolute Gasteiger partial charge is 0.379 e. The Morgan fingerprint density at radius 3 is 1.90 bits per heavy atom. The van der Waals surface area contributed by atoms with Gasteiger partial charge in [0.2, 0.25) is 0 Å². The molecule has 0 aliphatic carbocycles. The smallest absolute Gasteiger partial charge is 0.0701 e. The van der Waals surface area contributed by atoms with Crippen LogP contribution in [0.1, 0.15) is 47.0 Å². The van der Waals surface area contributed by atoms with Crippen molar-refractivity contribution in [3.05, 3.63) is 0 Å². The van der Waals surface area contributed by atoms with E-state index in [1.165, 1.54) is 12.8 Å². The number of hydrogen-bond acceptors (Lipinski definition) is 4. The van der Waals surface area contributed by atoms with Gasteiger partial charge in [-0.05, 0) is 19.3 Å². The lowest BCUT2D eigenvalue weighted by Crippen LogP contribution is -2.34. The van der Waals surface area contributed by atoms with Crippen LogP contribution in [0.5, 0.6) is 0 Å². The average molecular weight is 289 g/mol. The molecular formula is C16H35NO3. The zero-order valence-corrected chi connectivity index (χ0v) is 14.0. The van der Waals surface area contributed by atoms with Crippen molar-refractivity contribution in [1.82, 2.24) is 5.32 Å². The lowest BCUT2D eigenvalue weighted by molar-refractivity contribution is 0.0143.